The highest BCUT2D eigenvalue weighted by atomic mass is 35.5. The maximum absolute atomic E-state index is 6.01. The lowest BCUT2D eigenvalue weighted by molar-refractivity contribution is 0.474. The molecule has 4 heteroatoms. The molecule has 0 aliphatic heterocycles. The highest BCUT2D eigenvalue weighted by Gasteiger charge is 2.10. The van der Waals surface area contributed by atoms with Crippen molar-refractivity contribution in [1.29, 1.82) is 0 Å². The molecule has 0 aromatic heterocycles. The topological polar surface area (TPSA) is 12.0 Å². The first-order valence-electron chi connectivity index (χ1n) is 7.07. The van der Waals surface area contributed by atoms with Crippen LogP contribution in [0.3, 0.4) is 0 Å². The van der Waals surface area contributed by atoms with Gasteiger partial charge in [-0.3, -0.25) is 0 Å². The summed E-state index contributed by atoms with van der Waals surface area (Å²) in [6.07, 6.45) is 8.29. The maximum Gasteiger partial charge on any atom is 0.0603 e. The van der Waals surface area contributed by atoms with Crippen molar-refractivity contribution in [3.8, 4) is 0 Å². The molecule has 1 aromatic carbocycles. The molecule has 1 N–H and O–H groups in total. The van der Waals surface area contributed by atoms with Crippen molar-refractivity contribution in [2.75, 3.05) is 12.3 Å². The first-order chi connectivity index (χ1) is 9.25. The van der Waals surface area contributed by atoms with Gasteiger partial charge in [0.2, 0.25) is 0 Å². The Hall–Kier alpha value is 0.110. The van der Waals surface area contributed by atoms with E-state index in [0.29, 0.717) is 10.0 Å². The molecule has 1 aliphatic rings. The number of halogens is 2. The van der Waals surface area contributed by atoms with Gasteiger partial charge in [0.1, 0.15) is 0 Å². The van der Waals surface area contributed by atoms with Crippen molar-refractivity contribution in [1.82, 2.24) is 5.32 Å². The number of benzene rings is 1. The number of thioether (sulfide) groups is 1. The second kappa shape index (κ2) is 8.41. The minimum absolute atomic E-state index is 0.627. The molecular weight excluding hydrogens is 297 g/mol. The fourth-order valence-electron chi connectivity index (χ4n) is 2.48. The van der Waals surface area contributed by atoms with E-state index in [1.807, 2.05) is 30.0 Å². The van der Waals surface area contributed by atoms with Crippen LogP contribution in [0.2, 0.25) is 10.0 Å². The van der Waals surface area contributed by atoms with Gasteiger partial charge in [-0.2, -0.15) is 0 Å². The van der Waals surface area contributed by atoms with E-state index in [1.165, 1.54) is 43.4 Å². The van der Waals surface area contributed by atoms with Crippen LogP contribution in [-0.2, 0) is 0 Å². The smallest absolute Gasteiger partial charge is 0.0603 e. The Kier molecular flexibility index (Phi) is 6.86. The van der Waals surface area contributed by atoms with E-state index in [0.717, 1.165) is 18.3 Å². The third-order valence-corrected chi connectivity index (χ3v) is 5.28. The summed E-state index contributed by atoms with van der Waals surface area (Å²) in [4.78, 5) is 1.19. The standard InChI is InChI=1S/C15H21Cl2NS/c16-14-8-7-13(11-15(14)17)19-10-9-18-12-5-3-1-2-4-6-12/h7-8,11-12,18H,1-6,9-10H2. The summed E-state index contributed by atoms with van der Waals surface area (Å²) in [5.74, 6) is 1.08. The normalized spacial score (nSPS) is 17.4. The van der Waals surface area contributed by atoms with Crippen molar-refractivity contribution in [3.05, 3.63) is 28.2 Å². The van der Waals surface area contributed by atoms with E-state index >= 15 is 0 Å². The number of hydrogen-bond acceptors (Lipinski definition) is 2. The largest absolute Gasteiger partial charge is 0.313 e. The first kappa shape index (κ1) is 15.5. The summed E-state index contributed by atoms with van der Waals surface area (Å²) in [6.45, 7) is 1.07. The van der Waals surface area contributed by atoms with Crippen molar-refractivity contribution in [2.45, 2.75) is 49.5 Å². The van der Waals surface area contributed by atoms with Crippen LogP contribution < -0.4 is 5.32 Å². The summed E-state index contributed by atoms with van der Waals surface area (Å²) in [7, 11) is 0. The van der Waals surface area contributed by atoms with Gasteiger partial charge in [0, 0.05) is 23.2 Å². The predicted octanol–water partition coefficient (Wildman–Crippen LogP) is 5.40. The lowest BCUT2D eigenvalue weighted by atomic mass is 10.1. The molecule has 0 radical (unpaired) electrons. The number of nitrogens with one attached hydrogen (secondary N) is 1. The van der Waals surface area contributed by atoms with Gasteiger partial charge in [-0.05, 0) is 31.0 Å². The van der Waals surface area contributed by atoms with Gasteiger partial charge in [-0.25, -0.2) is 0 Å². The minimum atomic E-state index is 0.627. The van der Waals surface area contributed by atoms with E-state index in [-0.39, 0.29) is 0 Å². The molecule has 0 saturated heterocycles. The van der Waals surface area contributed by atoms with E-state index < -0.39 is 0 Å². The third kappa shape index (κ3) is 5.55. The van der Waals surface area contributed by atoms with Gasteiger partial charge >= 0.3 is 0 Å². The van der Waals surface area contributed by atoms with Crippen LogP contribution in [0.25, 0.3) is 0 Å². The van der Waals surface area contributed by atoms with E-state index in [1.54, 1.807) is 0 Å². The molecule has 0 amide bonds. The van der Waals surface area contributed by atoms with Crippen molar-refractivity contribution in [2.24, 2.45) is 0 Å². The molecule has 1 aromatic rings. The van der Waals surface area contributed by atoms with Gasteiger partial charge in [-0.1, -0.05) is 48.9 Å². The fourth-order valence-corrected chi connectivity index (χ4v) is 3.67. The van der Waals surface area contributed by atoms with Crippen LogP contribution in [0.15, 0.2) is 23.1 Å². The maximum atomic E-state index is 6.01. The second-order valence-corrected chi connectivity index (χ2v) is 7.05. The summed E-state index contributed by atoms with van der Waals surface area (Å²) in [6, 6.07) is 6.58. The molecular formula is C15H21Cl2NS. The van der Waals surface area contributed by atoms with Crippen LogP contribution in [0.5, 0.6) is 0 Å². The lowest BCUT2D eigenvalue weighted by Crippen LogP contribution is -2.30. The Labute approximate surface area is 130 Å². The number of hydrogen-bond donors (Lipinski definition) is 1. The summed E-state index contributed by atoms with van der Waals surface area (Å²) in [5, 5.41) is 4.95. The summed E-state index contributed by atoms with van der Waals surface area (Å²) in [5.41, 5.74) is 0. The van der Waals surface area contributed by atoms with Crippen molar-refractivity contribution >= 4 is 35.0 Å². The molecule has 106 valence electrons. The minimum Gasteiger partial charge on any atom is -0.313 e. The van der Waals surface area contributed by atoms with Gasteiger partial charge in [0.15, 0.2) is 0 Å². The Bertz CT molecular complexity index is 390. The van der Waals surface area contributed by atoms with Crippen LogP contribution in [-0.4, -0.2) is 18.3 Å². The Morgan fingerprint density at radius 2 is 1.79 bits per heavy atom. The molecule has 0 spiro atoms. The highest BCUT2D eigenvalue weighted by molar-refractivity contribution is 7.99. The lowest BCUT2D eigenvalue weighted by Gasteiger charge is -2.15. The highest BCUT2D eigenvalue weighted by Crippen LogP contribution is 2.27. The molecule has 1 fully saturated rings. The monoisotopic (exact) mass is 317 g/mol. The van der Waals surface area contributed by atoms with Gasteiger partial charge in [0.05, 0.1) is 10.0 Å². The molecule has 1 saturated carbocycles. The van der Waals surface area contributed by atoms with Gasteiger partial charge in [-0.15, -0.1) is 11.8 Å². The average Bonchev–Trinajstić information content (AvgIpc) is 2.67. The molecule has 1 nitrogen and oxygen atoms in total. The zero-order valence-corrected chi connectivity index (χ0v) is 13.5. The van der Waals surface area contributed by atoms with Crippen LogP contribution >= 0.6 is 35.0 Å². The predicted molar refractivity (Wildman–Crippen MR) is 86.7 cm³/mol. The van der Waals surface area contributed by atoms with Crippen LogP contribution in [0, 0.1) is 0 Å². The van der Waals surface area contributed by atoms with Crippen molar-refractivity contribution < 1.29 is 0 Å². The summed E-state index contributed by atoms with van der Waals surface area (Å²) < 4.78 is 0. The summed E-state index contributed by atoms with van der Waals surface area (Å²) >= 11 is 13.7. The third-order valence-electron chi connectivity index (χ3n) is 3.55. The van der Waals surface area contributed by atoms with Gasteiger partial charge < -0.3 is 5.32 Å². The second-order valence-electron chi connectivity index (χ2n) is 5.07. The Balaban J connectivity index is 1.67. The molecule has 0 bridgehead atoms. The zero-order valence-electron chi connectivity index (χ0n) is 11.1. The van der Waals surface area contributed by atoms with E-state index in [4.69, 9.17) is 23.2 Å². The molecule has 0 atom stereocenters. The van der Waals surface area contributed by atoms with E-state index in [2.05, 4.69) is 5.32 Å². The van der Waals surface area contributed by atoms with E-state index in [9.17, 15) is 0 Å². The molecule has 1 aliphatic carbocycles. The van der Waals surface area contributed by atoms with Crippen LogP contribution in [0.1, 0.15) is 38.5 Å². The molecule has 0 unspecified atom stereocenters. The quantitative estimate of drug-likeness (QED) is 0.443. The average molecular weight is 318 g/mol. The Morgan fingerprint density at radius 3 is 2.47 bits per heavy atom. The number of rotatable bonds is 5. The first-order valence-corrected chi connectivity index (χ1v) is 8.81. The van der Waals surface area contributed by atoms with Gasteiger partial charge in [0.25, 0.3) is 0 Å². The van der Waals surface area contributed by atoms with Crippen molar-refractivity contribution in [3.63, 3.8) is 0 Å². The fraction of sp³-hybridized carbons (Fsp3) is 0.600. The van der Waals surface area contributed by atoms with Crippen LogP contribution in [0.4, 0.5) is 0 Å². The molecule has 2 rings (SSSR count). The molecule has 19 heavy (non-hydrogen) atoms. The Morgan fingerprint density at radius 1 is 1.05 bits per heavy atom. The zero-order chi connectivity index (χ0) is 13.5. The SMILES string of the molecule is Clc1ccc(SCCNC2CCCCCC2)cc1Cl. The molecule has 0 heterocycles.